The smallest absolute Gasteiger partial charge is 0.326 e. The molecular formula is C19H26N2O3. The second-order valence-electron chi connectivity index (χ2n) is 7.80. The van der Waals surface area contributed by atoms with Gasteiger partial charge >= 0.3 is 5.97 Å². The summed E-state index contributed by atoms with van der Waals surface area (Å²) in [5.74, 6) is -1.28. The number of amides is 1. The Hall–Kier alpha value is -2.30. The van der Waals surface area contributed by atoms with E-state index in [1.165, 1.54) is 0 Å². The highest BCUT2D eigenvalue weighted by molar-refractivity contribution is 5.89. The number of aliphatic carboxylic acids is 1. The van der Waals surface area contributed by atoms with Crippen molar-refractivity contribution in [3.63, 3.8) is 0 Å². The lowest BCUT2D eigenvalue weighted by atomic mass is 9.68. The Morgan fingerprint density at radius 2 is 1.79 bits per heavy atom. The van der Waals surface area contributed by atoms with Crippen molar-refractivity contribution in [3.8, 4) is 0 Å². The fraction of sp³-hybridized carbons (Fsp3) is 0.474. The van der Waals surface area contributed by atoms with Crippen molar-refractivity contribution < 1.29 is 14.7 Å². The Kier molecular flexibility index (Phi) is 4.74. The van der Waals surface area contributed by atoms with Crippen LogP contribution in [0.15, 0.2) is 30.5 Å². The van der Waals surface area contributed by atoms with Gasteiger partial charge < -0.3 is 15.4 Å². The summed E-state index contributed by atoms with van der Waals surface area (Å²) in [4.78, 5) is 27.4. The van der Waals surface area contributed by atoms with Crippen LogP contribution in [0.25, 0.3) is 10.9 Å². The molecule has 1 atom stereocenters. The van der Waals surface area contributed by atoms with Crippen molar-refractivity contribution in [2.24, 2.45) is 10.8 Å². The zero-order valence-electron chi connectivity index (χ0n) is 14.9. The molecule has 1 aromatic carbocycles. The van der Waals surface area contributed by atoms with Crippen LogP contribution < -0.4 is 5.32 Å². The summed E-state index contributed by atoms with van der Waals surface area (Å²) < 4.78 is 0. The largest absolute Gasteiger partial charge is 0.480 e. The molecule has 0 aliphatic heterocycles. The maximum Gasteiger partial charge on any atom is 0.326 e. The molecule has 0 bridgehead atoms. The molecule has 0 saturated carbocycles. The number of aromatic nitrogens is 1. The number of hydrogen-bond donors (Lipinski definition) is 3. The highest BCUT2D eigenvalue weighted by Gasteiger charge is 2.41. The molecule has 0 fully saturated rings. The minimum Gasteiger partial charge on any atom is -0.480 e. The van der Waals surface area contributed by atoms with E-state index in [2.05, 4.69) is 10.3 Å². The molecule has 0 spiro atoms. The number of nitrogens with one attached hydrogen (secondary N) is 2. The highest BCUT2D eigenvalue weighted by atomic mass is 16.4. The van der Waals surface area contributed by atoms with Gasteiger partial charge in [-0.3, -0.25) is 4.79 Å². The van der Waals surface area contributed by atoms with E-state index in [1.807, 2.05) is 65.1 Å². The molecule has 2 aromatic rings. The molecule has 3 N–H and O–H groups in total. The molecule has 1 heterocycles. The number of aromatic amines is 1. The van der Waals surface area contributed by atoms with Gasteiger partial charge in [-0.2, -0.15) is 0 Å². The number of carbonyl (C=O) groups excluding carboxylic acids is 1. The minimum atomic E-state index is -1.03. The Morgan fingerprint density at radius 1 is 1.17 bits per heavy atom. The fourth-order valence-electron chi connectivity index (χ4n) is 2.40. The second kappa shape index (κ2) is 6.30. The Balaban J connectivity index is 2.22. The van der Waals surface area contributed by atoms with Crippen LogP contribution in [0.4, 0.5) is 0 Å². The number of benzene rings is 1. The Bertz CT molecular complexity index is 753. The molecule has 5 heteroatoms. The maximum absolute atomic E-state index is 12.6. The van der Waals surface area contributed by atoms with Gasteiger partial charge in [0.05, 0.1) is 0 Å². The predicted octanol–water partition coefficient (Wildman–Crippen LogP) is 3.35. The molecule has 130 valence electrons. The third-order valence-electron chi connectivity index (χ3n) is 5.15. The van der Waals surface area contributed by atoms with Gasteiger partial charge in [-0.15, -0.1) is 0 Å². The number of H-pyrrole nitrogens is 1. The third-order valence-corrected chi connectivity index (χ3v) is 5.15. The van der Waals surface area contributed by atoms with Gasteiger partial charge in [-0.1, -0.05) is 52.8 Å². The number of fused-ring (bicyclic) bond motifs is 1. The molecule has 1 aromatic heterocycles. The lowest BCUT2D eigenvalue weighted by Gasteiger charge is -2.37. The summed E-state index contributed by atoms with van der Waals surface area (Å²) in [5.41, 5.74) is 0.881. The Morgan fingerprint density at radius 3 is 2.38 bits per heavy atom. The van der Waals surface area contributed by atoms with Crippen molar-refractivity contribution in [2.45, 2.75) is 47.1 Å². The first-order chi connectivity index (χ1) is 11.0. The number of carboxylic acid groups (broad SMARTS) is 1. The quantitative estimate of drug-likeness (QED) is 0.786. The molecule has 1 unspecified atom stereocenters. The van der Waals surface area contributed by atoms with Crippen LogP contribution >= 0.6 is 0 Å². The highest BCUT2D eigenvalue weighted by Crippen LogP contribution is 2.38. The monoisotopic (exact) mass is 330 g/mol. The van der Waals surface area contributed by atoms with Crippen molar-refractivity contribution in [2.75, 3.05) is 0 Å². The summed E-state index contributed by atoms with van der Waals surface area (Å²) >= 11 is 0. The van der Waals surface area contributed by atoms with Gasteiger partial charge in [0.25, 0.3) is 0 Å². The number of hydrogen-bond acceptors (Lipinski definition) is 2. The molecule has 24 heavy (non-hydrogen) atoms. The number of carbonyl (C=O) groups is 2. The van der Waals surface area contributed by atoms with Gasteiger partial charge in [-0.25, -0.2) is 4.79 Å². The average molecular weight is 330 g/mol. The normalized spacial score (nSPS) is 13.7. The Labute approximate surface area is 142 Å². The number of rotatable bonds is 5. The van der Waals surface area contributed by atoms with E-state index in [-0.39, 0.29) is 17.7 Å². The molecular weight excluding hydrogens is 304 g/mol. The van der Waals surface area contributed by atoms with Gasteiger partial charge in [0, 0.05) is 28.9 Å². The summed E-state index contributed by atoms with van der Waals surface area (Å²) in [7, 11) is 0. The molecule has 0 aliphatic rings. The van der Waals surface area contributed by atoms with E-state index in [0.29, 0.717) is 0 Å². The molecule has 0 radical (unpaired) electrons. The van der Waals surface area contributed by atoms with Crippen LogP contribution in [0.3, 0.4) is 0 Å². The van der Waals surface area contributed by atoms with Crippen LogP contribution in [0.1, 0.15) is 40.2 Å². The standard InChI is InChI=1S/C19H26N2O3/c1-18(2,3)19(4,5)17(24)21-15(16(22)23)10-12-11-20-14-9-7-6-8-13(12)14/h6-9,11,15,20H,10H2,1-5H3,(H,21,24)(H,22,23). The zero-order chi connectivity index (χ0) is 18.1. The van der Waals surface area contributed by atoms with Gasteiger partial charge in [0.1, 0.15) is 6.04 Å². The number of para-hydroxylation sites is 1. The molecule has 0 saturated heterocycles. The lowest BCUT2D eigenvalue weighted by molar-refractivity contribution is -0.145. The van der Waals surface area contributed by atoms with Crippen LogP contribution in [0.5, 0.6) is 0 Å². The van der Waals surface area contributed by atoms with Crippen molar-refractivity contribution in [1.29, 1.82) is 0 Å². The summed E-state index contributed by atoms with van der Waals surface area (Å²) in [6.07, 6.45) is 2.05. The van der Waals surface area contributed by atoms with Crippen LogP contribution in [-0.4, -0.2) is 28.0 Å². The van der Waals surface area contributed by atoms with Crippen LogP contribution in [0.2, 0.25) is 0 Å². The number of carboxylic acids is 1. The van der Waals surface area contributed by atoms with Gasteiger partial charge in [-0.05, 0) is 17.0 Å². The predicted molar refractivity (Wildman–Crippen MR) is 94.8 cm³/mol. The molecule has 0 aliphatic carbocycles. The molecule has 1 amide bonds. The molecule has 5 nitrogen and oxygen atoms in total. The zero-order valence-corrected chi connectivity index (χ0v) is 14.9. The first kappa shape index (κ1) is 18.0. The maximum atomic E-state index is 12.6. The topological polar surface area (TPSA) is 82.2 Å². The van der Waals surface area contributed by atoms with Crippen molar-refractivity contribution in [1.82, 2.24) is 10.3 Å². The minimum absolute atomic E-state index is 0.241. The van der Waals surface area contributed by atoms with E-state index in [4.69, 9.17) is 0 Å². The summed E-state index contributed by atoms with van der Waals surface area (Å²) in [5, 5.41) is 13.2. The van der Waals surface area contributed by atoms with E-state index in [0.717, 1.165) is 16.5 Å². The first-order valence-electron chi connectivity index (χ1n) is 8.13. The second-order valence-corrected chi connectivity index (χ2v) is 7.80. The summed E-state index contributed by atoms with van der Waals surface area (Å²) in [6, 6.07) is 6.76. The molecule has 2 rings (SSSR count). The summed E-state index contributed by atoms with van der Waals surface area (Å²) in [6.45, 7) is 9.60. The first-order valence-corrected chi connectivity index (χ1v) is 8.13. The SMILES string of the molecule is CC(C)(C)C(C)(C)C(=O)NC(Cc1c[nH]c2ccccc12)C(=O)O. The van der Waals surface area contributed by atoms with Crippen LogP contribution in [0, 0.1) is 10.8 Å². The van der Waals surface area contributed by atoms with E-state index in [1.54, 1.807) is 0 Å². The average Bonchev–Trinajstić information content (AvgIpc) is 2.88. The fourth-order valence-corrected chi connectivity index (χ4v) is 2.40. The van der Waals surface area contributed by atoms with E-state index in [9.17, 15) is 14.7 Å². The lowest BCUT2D eigenvalue weighted by Crippen LogP contribution is -2.51. The van der Waals surface area contributed by atoms with Gasteiger partial charge in [0.15, 0.2) is 0 Å². The van der Waals surface area contributed by atoms with E-state index >= 15 is 0 Å². The van der Waals surface area contributed by atoms with Crippen molar-refractivity contribution >= 4 is 22.8 Å². The van der Waals surface area contributed by atoms with Crippen LogP contribution in [-0.2, 0) is 16.0 Å². The van der Waals surface area contributed by atoms with Crippen molar-refractivity contribution in [3.05, 3.63) is 36.0 Å². The van der Waals surface area contributed by atoms with E-state index < -0.39 is 17.4 Å². The third kappa shape index (κ3) is 3.45. The van der Waals surface area contributed by atoms with Gasteiger partial charge in [0.2, 0.25) is 5.91 Å².